The average molecular weight is 235 g/mol. The van der Waals surface area contributed by atoms with Crippen molar-refractivity contribution in [3.8, 4) is 0 Å². The van der Waals surface area contributed by atoms with Crippen molar-refractivity contribution in [1.29, 1.82) is 0 Å². The Morgan fingerprint density at radius 3 is 2.47 bits per heavy atom. The smallest absolute Gasteiger partial charge is 0.163 e. The van der Waals surface area contributed by atoms with Gasteiger partial charge in [0.05, 0.1) is 6.61 Å². The van der Waals surface area contributed by atoms with Crippen LogP contribution >= 0.6 is 0 Å². The molecule has 0 amide bonds. The standard InChI is InChI=1S/C14H21NO2/c1-10(15)8-11-4-6-12(7-5-11)13-9-16-14(2,3)17-13/h4-7,10,13H,8-9,15H2,1-3H3. The highest BCUT2D eigenvalue weighted by Crippen LogP contribution is 2.32. The molecule has 0 saturated carbocycles. The van der Waals surface area contributed by atoms with Gasteiger partial charge in [0.1, 0.15) is 6.10 Å². The summed E-state index contributed by atoms with van der Waals surface area (Å²) >= 11 is 0. The third-order valence-electron chi connectivity index (χ3n) is 2.92. The lowest BCUT2D eigenvalue weighted by Gasteiger charge is -2.17. The van der Waals surface area contributed by atoms with Crippen molar-refractivity contribution >= 4 is 0 Å². The van der Waals surface area contributed by atoms with E-state index in [1.165, 1.54) is 11.1 Å². The molecule has 3 nitrogen and oxygen atoms in total. The van der Waals surface area contributed by atoms with Gasteiger partial charge in [0.15, 0.2) is 5.79 Å². The third kappa shape index (κ3) is 3.28. The van der Waals surface area contributed by atoms with Crippen LogP contribution in [0.1, 0.15) is 38.0 Å². The van der Waals surface area contributed by atoms with Crippen LogP contribution in [0.4, 0.5) is 0 Å². The van der Waals surface area contributed by atoms with E-state index >= 15 is 0 Å². The van der Waals surface area contributed by atoms with Crippen LogP contribution in [0.15, 0.2) is 24.3 Å². The Hall–Kier alpha value is -0.900. The van der Waals surface area contributed by atoms with E-state index in [9.17, 15) is 0 Å². The van der Waals surface area contributed by atoms with Gasteiger partial charge >= 0.3 is 0 Å². The van der Waals surface area contributed by atoms with Crippen molar-refractivity contribution in [2.24, 2.45) is 5.73 Å². The summed E-state index contributed by atoms with van der Waals surface area (Å²) in [7, 11) is 0. The van der Waals surface area contributed by atoms with Gasteiger partial charge in [-0.1, -0.05) is 24.3 Å². The molecular weight excluding hydrogens is 214 g/mol. The van der Waals surface area contributed by atoms with E-state index in [-0.39, 0.29) is 12.1 Å². The zero-order valence-electron chi connectivity index (χ0n) is 10.8. The molecule has 2 unspecified atom stereocenters. The highest BCUT2D eigenvalue weighted by molar-refractivity contribution is 5.25. The predicted octanol–water partition coefficient (Wildman–Crippen LogP) is 2.40. The monoisotopic (exact) mass is 235 g/mol. The molecule has 0 bridgehead atoms. The fraction of sp³-hybridized carbons (Fsp3) is 0.571. The first-order chi connectivity index (χ1) is 7.96. The minimum atomic E-state index is -0.463. The van der Waals surface area contributed by atoms with Crippen molar-refractivity contribution in [3.05, 3.63) is 35.4 Å². The number of rotatable bonds is 3. The Balaban J connectivity index is 2.03. The summed E-state index contributed by atoms with van der Waals surface area (Å²) in [6.07, 6.45) is 0.961. The van der Waals surface area contributed by atoms with Crippen molar-refractivity contribution in [1.82, 2.24) is 0 Å². The molecule has 0 radical (unpaired) electrons. The molecule has 1 aliphatic rings. The SMILES string of the molecule is CC(N)Cc1ccc(C2COC(C)(C)O2)cc1. The summed E-state index contributed by atoms with van der Waals surface area (Å²) in [4.78, 5) is 0. The Kier molecular flexibility index (Phi) is 3.52. The molecule has 2 N–H and O–H groups in total. The minimum Gasteiger partial charge on any atom is -0.347 e. The Morgan fingerprint density at radius 1 is 1.35 bits per heavy atom. The Morgan fingerprint density at radius 2 is 2.00 bits per heavy atom. The van der Waals surface area contributed by atoms with Crippen LogP contribution in [0.2, 0.25) is 0 Å². The number of hydrogen-bond donors (Lipinski definition) is 1. The summed E-state index contributed by atoms with van der Waals surface area (Å²) in [6.45, 7) is 6.53. The predicted molar refractivity (Wildman–Crippen MR) is 67.7 cm³/mol. The second kappa shape index (κ2) is 4.77. The molecule has 0 aliphatic carbocycles. The molecule has 1 aromatic rings. The Labute approximate surface area is 103 Å². The molecule has 17 heavy (non-hydrogen) atoms. The van der Waals surface area contributed by atoms with E-state index in [1.54, 1.807) is 0 Å². The number of nitrogens with two attached hydrogens (primary N) is 1. The van der Waals surface area contributed by atoms with Gasteiger partial charge in [0.2, 0.25) is 0 Å². The second-order valence-electron chi connectivity index (χ2n) is 5.24. The summed E-state index contributed by atoms with van der Waals surface area (Å²) in [6, 6.07) is 8.65. The van der Waals surface area contributed by atoms with Gasteiger partial charge in [-0.3, -0.25) is 0 Å². The first kappa shape index (κ1) is 12.6. The fourth-order valence-electron chi connectivity index (χ4n) is 2.09. The Bertz CT molecular complexity index is 370. The molecule has 3 heteroatoms. The minimum absolute atomic E-state index is 0.0503. The van der Waals surface area contributed by atoms with Gasteiger partial charge in [0, 0.05) is 6.04 Å². The van der Waals surface area contributed by atoms with Gasteiger partial charge in [-0.15, -0.1) is 0 Å². The highest BCUT2D eigenvalue weighted by atomic mass is 16.7. The van der Waals surface area contributed by atoms with Crippen LogP contribution in [-0.2, 0) is 15.9 Å². The number of benzene rings is 1. The number of ether oxygens (including phenoxy) is 2. The van der Waals surface area contributed by atoms with E-state index in [1.807, 2.05) is 20.8 Å². The highest BCUT2D eigenvalue weighted by Gasteiger charge is 2.33. The molecule has 94 valence electrons. The van der Waals surface area contributed by atoms with Gasteiger partial charge in [-0.05, 0) is 38.3 Å². The molecule has 0 aromatic heterocycles. The molecule has 1 aromatic carbocycles. The van der Waals surface area contributed by atoms with E-state index in [4.69, 9.17) is 15.2 Å². The lowest BCUT2D eigenvalue weighted by Crippen LogP contribution is -2.19. The quantitative estimate of drug-likeness (QED) is 0.875. The lowest BCUT2D eigenvalue weighted by molar-refractivity contribution is -0.139. The van der Waals surface area contributed by atoms with Crippen LogP contribution in [0.25, 0.3) is 0 Å². The largest absolute Gasteiger partial charge is 0.347 e. The van der Waals surface area contributed by atoms with Crippen LogP contribution in [0, 0.1) is 0 Å². The van der Waals surface area contributed by atoms with E-state index in [0.717, 1.165) is 6.42 Å². The van der Waals surface area contributed by atoms with Crippen molar-refractivity contribution in [2.75, 3.05) is 6.61 Å². The normalized spacial score (nSPS) is 24.8. The molecule has 0 spiro atoms. The molecule has 1 aliphatic heterocycles. The summed E-state index contributed by atoms with van der Waals surface area (Å²) in [5.74, 6) is -0.463. The molecular formula is C14H21NO2. The average Bonchev–Trinajstić information content (AvgIpc) is 2.59. The molecule has 2 rings (SSSR count). The maximum Gasteiger partial charge on any atom is 0.163 e. The van der Waals surface area contributed by atoms with Crippen LogP contribution in [0.3, 0.4) is 0 Å². The summed E-state index contributed by atoms with van der Waals surface area (Å²) in [5, 5.41) is 0. The van der Waals surface area contributed by atoms with Crippen molar-refractivity contribution in [2.45, 2.75) is 45.1 Å². The molecule has 1 saturated heterocycles. The molecule has 1 fully saturated rings. The molecule has 1 heterocycles. The topological polar surface area (TPSA) is 44.5 Å². The van der Waals surface area contributed by atoms with Crippen LogP contribution in [-0.4, -0.2) is 18.4 Å². The summed E-state index contributed by atoms with van der Waals surface area (Å²) < 4.78 is 11.4. The zero-order valence-corrected chi connectivity index (χ0v) is 10.8. The lowest BCUT2D eigenvalue weighted by atomic mass is 10.0. The summed E-state index contributed by atoms with van der Waals surface area (Å²) in [5.41, 5.74) is 8.21. The third-order valence-corrected chi connectivity index (χ3v) is 2.92. The van der Waals surface area contributed by atoms with E-state index < -0.39 is 5.79 Å². The van der Waals surface area contributed by atoms with E-state index in [0.29, 0.717) is 6.61 Å². The molecule has 2 atom stereocenters. The maximum absolute atomic E-state index is 5.81. The van der Waals surface area contributed by atoms with Crippen molar-refractivity contribution in [3.63, 3.8) is 0 Å². The van der Waals surface area contributed by atoms with Crippen LogP contribution < -0.4 is 5.73 Å². The zero-order chi connectivity index (χ0) is 12.5. The van der Waals surface area contributed by atoms with Gasteiger partial charge < -0.3 is 15.2 Å². The van der Waals surface area contributed by atoms with Gasteiger partial charge in [0.25, 0.3) is 0 Å². The van der Waals surface area contributed by atoms with Crippen LogP contribution in [0.5, 0.6) is 0 Å². The maximum atomic E-state index is 5.81. The number of hydrogen-bond acceptors (Lipinski definition) is 3. The second-order valence-corrected chi connectivity index (χ2v) is 5.24. The fourth-order valence-corrected chi connectivity index (χ4v) is 2.09. The first-order valence-electron chi connectivity index (χ1n) is 6.12. The van der Waals surface area contributed by atoms with Gasteiger partial charge in [-0.2, -0.15) is 0 Å². The van der Waals surface area contributed by atoms with Crippen molar-refractivity contribution < 1.29 is 9.47 Å². The van der Waals surface area contributed by atoms with Gasteiger partial charge in [-0.25, -0.2) is 0 Å². The first-order valence-corrected chi connectivity index (χ1v) is 6.12. The van der Waals surface area contributed by atoms with E-state index in [2.05, 4.69) is 24.3 Å².